The fourth-order valence-electron chi connectivity index (χ4n) is 2.07. The quantitative estimate of drug-likeness (QED) is 0.707. The molecule has 10 heteroatoms. The number of hydrazone groups is 1. The highest BCUT2D eigenvalue weighted by Gasteiger charge is 2.22. The maximum atomic E-state index is 11.5. The zero-order chi connectivity index (χ0) is 19.9. The van der Waals surface area contributed by atoms with Gasteiger partial charge in [0.15, 0.2) is 0 Å². The second kappa shape index (κ2) is 9.20. The van der Waals surface area contributed by atoms with Crippen LogP contribution in [0.15, 0.2) is 34.3 Å². The monoisotopic (exact) mass is 383 g/mol. The number of aliphatic carboxylic acids is 1. The first-order chi connectivity index (χ1) is 12.0. The van der Waals surface area contributed by atoms with Crippen LogP contribution in [0.25, 0.3) is 0 Å². The van der Waals surface area contributed by atoms with Gasteiger partial charge in [-0.2, -0.15) is 5.10 Å². The van der Waals surface area contributed by atoms with Gasteiger partial charge in [0.2, 0.25) is 10.0 Å². The van der Waals surface area contributed by atoms with Crippen LogP contribution in [-0.4, -0.2) is 36.9 Å². The minimum Gasteiger partial charge on any atom is -0.481 e. The Morgan fingerprint density at radius 1 is 1.27 bits per heavy atom. The van der Waals surface area contributed by atoms with Crippen molar-refractivity contribution in [3.63, 3.8) is 0 Å². The Kier molecular flexibility index (Phi) is 7.59. The number of nitrogens with two attached hydrogens (primary N) is 1. The summed E-state index contributed by atoms with van der Waals surface area (Å²) in [5, 5.41) is 18.4. The molecule has 0 radical (unpaired) electrons. The molecule has 142 valence electrons. The summed E-state index contributed by atoms with van der Waals surface area (Å²) in [6, 6.07) is 5.70. The summed E-state index contributed by atoms with van der Waals surface area (Å²) in [6.45, 7) is 3.61. The number of carboxylic acid groups (broad SMARTS) is 1. The van der Waals surface area contributed by atoms with E-state index in [4.69, 9.17) is 10.2 Å². The van der Waals surface area contributed by atoms with E-state index in [0.29, 0.717) is 12.1 Å². The second-order valence-electron chi connectivity index (χ2n) is 5.62. The van der Waals surface area contributed by atoms with E-state index < -0.39 is 16.0 Å². The number of rotatable bonds is 6. The van der Waals surface area contributed by atoms with E-state index in [9.17, 15) is 22.8 Å². The van der Waals surface area contributed by atoms with Crippen molar-refractivity contribution in [2.24, 2.45) is 10.2 Å². The lowest BCUT2D eigenvalue weighted by atomic mass is 10.2. The van der Waals surface area contributed by atoms with Crippen LogP contribution in [0.2, 0.25) is 0 Å². The number of hydrogen-bond donors (Lipinski definition) is 2. The zero-order valence-corrected chi connectivity index (χ0v) is 15.3. The molecule has 0 fully saturated rings. The van der Waals surface area contributed by atoms with Gasteiger partial charge in [-0.1, -0.05) is 6.92 Å². The molecule has 9 nitrogen and oxygen atoms in total. The Labute approximate surface area is 151 Å². The second-order valence-corrected chi connectivity index (χ2v) is 7.18. The number of hydrogen-bond acceptors (Lipinski definition) is 6. The highest BCUT2D eigenvalue weighted by molar-refractivity contribution is 7.89. The number of primary sulfonamides is 1. The van der Waals surface area contributed by atoms with Gasteiger partial charge in [0, 0.05) is 12.1 Å². The van der Waals surface area contributed by atoms with Gasteiger partial charge in [0.05, 0.1) is 17.0 Å². The first kappa shape index (κ1) is 21.5. The van der Waals surface area contributed by atoms with Crippen molar-refractivity contribution in [1.29, 1.82) is 0 Å². The van der Waals surface area contributed by atoms with E-state index in [2.05, 4.69) is 5.10 Å². The smallest absolute Gasteiger partial charge is 0.310 e. The number of carbonyl (C=O) groups is 3. The van der Waals surface area contributed by atoms with E-state index >= 15 is 0 Å². The highest BCUT2D eigenvalue weighted by Crippen LogP contribution is 2.21. The van der Waals surface area contributed by atoms with E-state index in [0.717, 1.165) is 12.1 Å². The van der Waals surface area contributed by atoms with Crippen LogP contribution in [0, 0.1) is 0 Å². The van der Waals surface area contributed by atoms with E-state index in [1.54, 1.807) is 6.92 Å². The van der Waals surface area contributed by atoms with Crippen molar-refractivity contribution >= 4 is 39.1 Å². The Morgan fingerprint density at radius 3 is 2.23 bits per heavy atom. The molecule has 1 aromatic rings. The standard InChI is InChI=1S/C10H11N3O3S.C6H10O3/c1-7-6-10(14)13(12-7)8-2-4-9(5-3-8)17(11,15)16;1-2-3-5(7)4-6(8)9/h2-5H,6H2,1H3,(H2,11,15,16);2-4H2,1H3,(H,8,9). The molecule has 1 aliphatic heterocycles. The summed E-state index contributed by atoms with van der Waals surface area (Å²) in [7, 11) is -3.71. The fraction of sp³-hybridized carbons (Fsp3) is 0.375. The lowest BCUT2D eigenvalue weighted by Crippen LogP contribution is -2.19. The van der Waals surface area contributed by atoms with Gasteiger partial charge in [0.1, 0.15) is 12.2 Å². The SMILES string of the molecule is CC1=NN(c2ccc(S(N)(=O)=O)cc2)C(=O)C1.CCCC(=O)CC(=O)O. The van der Waals surface area contributed by atoms with Gasteiger partial charge < -0.3 is 5.11 Å². The fourth-order valence-corrected chi connectivity index (χ4v) is 2.59. The van der Waals surface area contributed by atoms with Crippen molar-refractivity contribution in [1.82, 2.24) is 0 Å². The van der Waals surface area contributed by atoms with Crippen molar-refractivity contribution in [2.75, 3.05) is 5.01 Å². The number of anilines is 1. The molecule has 0 saturated heterocycles. The van der Waals surface area contributed by atoms with E-state index in [1.807, 2.05) is 6.92 Å². The number of sulfonamides is 1. The van der Waals surface area contributed by atoms with Crippen molar-refractivity contribution < 1.29 is 27.9 Å². The third-order valence-corrected chi connectivity index (χ3v) is 4.13. The van der Waals surface area contributed by atoms with Crippen LogP contribution in [0.1, 0.15) is 39.5 Å². The molecule has 0 aliphatic carbocycles. The first-order valence-corrected chi connectivity index (χ1v) is 9.32. The average Bonchev–Trinajstić information content (AvgIpc) is 2.85. The molecule has 0 aromatic heterocycles. The minimum atomic E-state index is -3.71. The molecule has 1 amide bonds. The number of ketones is 1. The molecule has 3 N–H and O–H groups in total. The lowest BCUT2D eigenvalue weighted by molar-refractivity contribution is -0.140. The van der Waals surface area contributed by atoms with Crippen molar-refractivity contribution in [3.05, 3.63) is 24.3 Å². The summed E-state index contributed by atoms with van der Waals surface area (Å²) in [6.07, 6.45) is 1.07. The summed E-state index contributed by atoms with van der Waals surface area (Å²) >= 11 is 0. The molecule has 2 rings (SSSR count). The minimum absolute atomic E-state index is 0.00796. The third-order valence-electron chi connectivity index (χ3n) is 3.20. The molecule has 0 atom stereocenters. The Hall–Kier alpha value is -2.59. The number of amides is 1. The molecular weight excluding hydrogens is 362 g/mol. The number of carbonyl (C=O) groups excluding carboxylic acids is 2. The van der Waals surface area contributed by atoms with Gasteiger partial charge in [0.25, 0.3) is 5.91 Å². The summed E-state index contributed by atoms with van der Waals surface area (Å²) < 4.78 is 22.1. The molecular formula is C16H21N3O6S. The molecule has 1 aromatic carbocycles. The first-order valence-electron chi connectivity index (χ1n) is 7.78. The van der Waals surface area contributed by atoms with Gasteiger partial charge in [-0.05, 0) is 37.6 Å². The molecule has 26 heavy (non-hydrogen) atoms. The van der Waals surface area contributed by atoms with Crippen LogP contribution in [-0.2, 0) is 24.4 Å². The highest BCUT2D eigenvalue weighted by atomic mass is 32.2. The van der Waals surface area contributed by atoms with Gasteiger partial charge in [-0.3, -0.25) is 14.4 Å². The maximum absolute atomic E-state index is 11.5. The number of Topliss-reactive ketones (excluding diaryl/α,β-unsaturated/α-hetero) is 1. The molecule has 0 unspecified atom stereocenters. The van der Waals surface area contributed by atoms with Crippen LogP contribution in [0.4, 0.5) is 5.69 Å². The average molecular weight is 383 g/mol. The van der Waals surface area contributed by atoms with Crippen LogP contribution in [0.5, 0.6) is 0 Å². The van der Waals surface area contributed by atoms with Crippen LogP contribution < -0.4 is 10.1 Å². The Balaban J connectivity index is 0.000000321. The molecule has 0 saturated carbocycles. The molecule has 0 bridgehead atoms. The van der Waals surface area contributed by atoms with Crippen LogP contribution in [0.3, 0.4) is 0 Å². The molecule has 1 heterocycles. The summed E-state index contributed by atoms with van der Waals surface area (Å²) in [5.41, 5.74) is 1.25. The predicted octanol–water partition coefficient (Wildman–Crippen LogP) is 1.28. The maximum Gasteiger partial charge on any atom is 0.310 e. The third kappa shape index (κ3) is 6.73. The van der Waals surface area contributed by atoms with E-state index in [-0.39, 0.29) is 29.4 Å². The number of benzene rings is 1. The summed E-state index contributed by atoms with van der Waals surface area (Å²) in [4.78, 5) is 31.9. The van der Waals surface area contributed by atoms with Crippen molar-refractivity contribution in [3.8, 4) is 0 Å². The largest absolute Gasteiger partial charge is 0.481 e. The Morgan fingerprint density at radius 2 is 1.85 bits per heavy atom. The number of carboxylic acids is 1. The van der Waals surface area contributed by atoms with Crippen molar-refractivity contribution in [2.45, 2.75) is 44.4 Å². The van der Waals surface area contributed by atoms with Crippen LogP contribution >= 0.6 is 0 Å². The summed E-state index contributed by atoms with van der Waals surface area (Å²) in [5.74, 6) is -1.36. The van der Waals surface area contributed by atoms with E-state index in [1.165, 1.54) is 29.3 Å². The predicted molar refractivity (Wildman–Crippen MR) is 95.2 cm³/mol. The molecule has 1 aliphatic rings. The van der Waals surface area contributed by atoms with Gasteiger partial charge in [-0.25, -0.2) is 18.6 Å². The molecule has 0 spiro atoms. The Bertz CT molecular complexity index is 815. The topological polar surface area (TPSA) is 147 Å². The lowest BCUT2D eigenvalue weighted by Gasteiger charge is -2.11. The van der Waals surface area contributed by atoms with Gasteiger partial charge in [-0.15, -0.1) is 0 Å². The van der Waals surface area contributed by atoms with Gasteiger partial charge >= 0.3 is 5.97 Å². The normalized spacial score (nSPS) is 13.7. The number of nitrogens with zero attached hydrogens (tertiary/aromatic N) is 2. The zero-order valence-electron chi connectivity index (χ0n) is 14.5.